The van der Waals surface area contributed by atoms with Gasteiger partial charge in [0.05, 0.1) is 11.7 Å². The van der Waals surface area contributed by atoms with E-state index >= 15 is 0 Å². The first-order chi connectivity index (χ1) is 11.3. The molecule has 1 aliphatic rings. The lowest BCUT2D eigenvalue weighted by Crippen LogP contribution is -2.60. The molecular formula is C17H23N5O2. The second-order valence-corrected chi connectivity index (χ2v) is 7.25. The van der Waals surface area contributed by atoms with Crippen LogP contribution in [-0.2, 0) is 5.41 Å². The summed E-state index contributed by atoms with van der Waals surface area (Å²) in [6.07, 6.45) is 1.40. The van der Waals surface area contributed by atoms with E-state index in [0.29, 0.717) is 11.6 Å². The van der Waals surface area contributed by atoms with Gasteiger partial charge in [-0.1, -0.05) is 20.8 Å². The van der Waals surface area contributed by atoms with Crippen LogP contribution in [0.3, 0.4) is 0 Å². The van der Waals surface area contributed by atoms with Gasteiger partial charge in [0.1, 0.15) is 6.26 Å². The van der Waals surface area contributed by atoms with Crippen LogP contribution in [0.1, 0.15) is 42.8 Å². The Morgan fingerprint density at radius 3 is 2.50 bits per heavy atom. The minimum Gasteiger partial charge on any atom is -0.448 e. The van der Waals surface area contributed by atoms with Gasteiger partial charge < -0.3 is 14.2 Å². The highest BCUT2D eigenvalue weighted by Gasteiger charge is 2.34. The summed E-state index contributed by atoms with van der Waals surface area (Å²) < 4.78 is 5.11. The van der Waals surface area contributed by atoms with Gasteiger partial charge in [0.15, 0.2) is 17.4 Å². The van der Waals surface area contributed by atoms with Crippen molar-refractivity contribution in [2.24, 2.45) is 0 Å². The number of oxazole rings is 1. The fourth-order valence-electron chi connectivity index (χ4n) is 2.59. The molecule has 7 heteroatoms. The third kappa shape index (κ3) is 3.11. The molecule has 7 nitrogen and oxygen atoms in total. The summed E-state index contributed by atoms with van der Waals surface area (Å²) in [6.45, 7) is 9.54. The molecule has 0 radical (unpaired) electrons. The first-order valence-corrected chi connectivity index (χ1v) is 8.04. The molecule has 1 saturated heterocycles. The number of aryl methyl sites for hydroxylation is 1. The average Bonchev–Trinajstić information content (AvgIpc) is 2.91. The number of rotatable bonds is 3. The summed E-state index contributed by atoms with van der Waals surface area (Å²) in [6, 6.07) is 4.15. The number of anilines is 1. The van der Waals surface area contributed by atoms with Crippen LogP contribution in [0, 0.1) is 6.92 Å². The maximum Gasteiger partial charge on any atom is 0.275 e. The number of hydrogen-bond donors (Lipinski definition) is 0. The molecule has 3 heterocycles. The molecule has 24 heavy (non-hydrogen) atoms. The van der Waals surface area contributed by atoms with Gasteiger partial charge in [-0.3, -0.25) is 4.79 Å². The van der Waals surface area contributed by atoms with Gasteiger partial charge >= 0.3 is 0 Å². The SMILES string of the molecule is Cc1nc(C(=O)N(C)C2CN(c3ccc(C(C)(C)C)nn3)C2)co1. The summed E-state index contributed by atoms with van der Waals surface area (Å²) >= 11 is 0. The number of amides is 1. The largest absolute Gasteiger partial charge is 0.448 e. The lowest BCUT2D eigenvalue weighted by atomic mass is 9.92. The first-order valence-electron chi connectivity index (χ1n) is 8.04. The number of hydrogen-bond acceptors (Lipinski definition) is 6. The first kappa shape index (κ1) is 16.4. The standard InChI is InChI=1S/C17H23N5O2/c1-11-18-13(10-24-11)16(23)21(5)12-8-22(9-12)15-7-6-14(19-20-15)17(2,3)4/h6-7,10,12H,8-9H2,1-5H3. The summed E-state index contributed by atoms with van der Waals surface area (Å²) in [7, 11) is 1.79. The summed E-state index contributed by atoms with van der Waals surface area (Å²) in [5.41, 5.74) is 1.31. The van der Waals surface area contributed by atoms with E-state index < -0.39 is 0 Å². The third-order valence-electron chi connectivity index (χ3n) is 4.31. The van der Waals surface area contributed by atoms with E-state index in [0.717, 1.165) is 24.6 Å². The highest BCUT2D eigenvalue weighted by atomic mass is 16.3. The highest BCUT2D eigenvalue weighted by molar-refractivity contribution is 5.92. The molecule has 128 valence electrons. The number of carbonyl (C=O) groups excluding carboxylic acids is 1. The number of nitrogens with zero attached hydrogens (tertiary/aromatic N) is 5. The Hall–Kier alpha value is -2.44. The zero-order chi connectivity index (χ0) is 17.5. The molecule has 0 bridgehead atoms. The van der Waals surface area contributed by atoms with Crippen molar-refractivity contribution in [3.8, 4) is 0 Å². The number of aromatic nitrogens is 3. The minimum atomic E-state index is -0.120. The molecule has 0 aromatic carbocycles. The predicted molar refractivity (Wildman–Crippen MR) is 90.1 cm³/mol. The van der Waals surface area contributed by atoms with Crippen molar-refractivity contribution in [3.63, 3.8) is 0 Å². The third-order valence-corrected chi connectivity index (χ3v) is 4.31. The lowest BCUT2D eigenvalue weighted by molar-refractivity contribution is 0.0699. The number of likely N-dealkylation sites (N-methyl/N-ethyl adjacent to an activating group) is 1. The van der Waals surface area contributed by atoms with Crippen molar-refractivity contribution in [2.75, 3.05) is 25.0 Å². The van der Waals surface area contributed by atoms with Gasteiger partial charge in [-0.15, -0.1) is 5.10 Å². The zero-order valence-electron chi connectivity index (χ0n) is 14.8. The molecule has 2 aromatic rings. The highest BCUT2D eigenvalue weighted by Crippen LogP contribution is 2.24. The van der Waals surface area contributed by atoms with Crippen molar-refractivity contribution in [1.29, 1.82) is 0 Å². The van der Waals surface area contributed by atoms with E-state index in [1.165, 1.54) is 6.26 Å². The van der Waals surface area contributed by atoms with Gasteiger partial charge in [-0.2, -0.15) is 5.10 Å². The van der Waals surface area contributed by atoms with E-state index in [1.54, 1.807) is 18.9 Å². The Morgan fingerprint density at radius 1 is 1.29 bits per heavy atom. The van der Waals surface area contributed by atoms with Gasteiger partial charge in [-0.05, 0) is 12.1 Å². The fraction of sp³-hybridized carbons (Fsp3) is 0.529. The molecule has 1 fully saturated rings. The second-order valence-electron chi connectivity index (χ2n) is 7.25. The molecule has 1 amide bonds. The maximum atomic E-state index is 12.3. The summed E-state index contributed by atoms with van der Waals surface area (Å²) in [5.74, 6) is 1.22. The Kier molecular flexibility index (Phi) is 4.03. The zero-order valence-corrected chi connectivity index (χ0v) is 14.8. The summed E-state index contributed by atoms with van der Waals surface area (Å²) in [5, 5.41) is 8.63. The summed E-state index contributed by atoms with van der Waals surface area (Å²) in [4.78, 5) is 20.3. The van der Waals surface area contributed by atoms with Crippen LogP contribution < -0.4 is 4.90 Å². The van der Waals surface area contributed by atoms with Gasteiger partial charge in [0.25, 0.3) is 5.91 Å². The molecule has 0 N–H and O–H groups in total. The maximum absolute atomic E-state index is 12.3. The Morgan fingerprint density at radius 2 is 2.00 bits per heavy atom. The Bertz CT molecular complexity index is 726. The molecule has 1 aliphatic heterocycles. The van der Waals surface area contributed by atoms with Crippen LogP contribution in [0.2, 0.25) is 0 Å². The van der Waals surface area contributed by atoms with Crippen LogP contribution >= 0.6 is 0 Å². The van der Waals surface area contributed by atoms with Crippen LogP contribution in [0.5, 0.6) is 0 Å². The number of carbonyl (C=O) groups is 1. The normalized spacial score (nSPS) is 15.3. The van der Waals surface area contributed by atoms with Crippen molar-refractivity contribution in [3.05, 3.63) is 35.7 Å². The van der Waals surface area contributed by atoms with Gasteiger partial charge in [0, 0.05) is 32.5 Å². The van der Waals surface area contributed by atoms with E-state index in [4.69, 9.17) is 4.42 Å². The van der Waals surface area contributed by atoms with E-state index in [-0.39, 0.29) is 17.4 Å². The molecule has 0 unspecified atom stereocenters. The lowest BCUT2D eigenvalue weighted by Gasteiger charge is -2.44. The van der Waals surface area contributed by atoms with Crippen LogP contribution in [0.25, 0.3) is 0 Å². The van der Waals surface area contributed by atoms with Crippen molar-refractivity contribution < 1.29 is 9.21 Å². The van der Waals surface area contributed by atoms with Gasteiger partial charge in [-0.25, -0.2) is 4.98 Å². The van der Waals surface area contributed by atoms with Crippen LogP contribution in [-0.4, -0.2) is 52.2 Å². The van der Waals surface area contributed by atoms with Crippen LogP contribution in [0.15, 0.2) is 22.8 Å². The Labute approximate surface area is 141 Å². The fourth-order valence-corrected chi connectivity index (χ4v) is 2.59. The van der Waals surface area contributed by atoms with Crippen LogP contribution in [0.4, 0.5) is 5.82 Å². The van der Waals surface area contributed by atoms with E-state index in [9.17, 15) is 4.79 Å². The quantitative estimate of drug-likeness (QED) is 0.858. The molecular weight excluding hydrogens is 306 g/mol. The second kappa shape index (κ2) is 5.89. The molecule has 0 atom stereocenters. The molecule has 0 spiro atoms. The monoisotopic (exact) mass is 329 g/mol. The van der Waals surface area contributed by atoms with Crippen molar-refractivity contribution >= 4 is 11.7 Å². The predicted octanol–water partition coefficient (Wildman–Crippen LogP) is 2.03. The molecule has 0 saturated carbocycles. The van der Waals surface area contributed by atoms with Crippen molar-refractivity contribution in [2.45, 2.75) is 39.2 Å². The van der Waals surface area contributed by atoms with E-state index in [2.05, 4.69) is 40.9 Å². The smallest absolute Gasteiger partial charge is 0.275 e. The van der Waals surface area contributed by atoms with E-state index in [1.807, 2.05) is 12.1 Å². The average molecular weight is 329 g/mol. The Balaban J connectivity index is 1.59. The topological polar surface area (TPSA) is 75.4 Å². The minimum absolute atomic E-state index is 0.00856. The molecule has 2 aromatic heterocycles. The molecule has 0 aliphatic carbocycles. The molecule has 3 rings (SSSR count). The van der Waals surface area contributed by atoms with Crippen molar-refractivity contribution in [1.82, 2.24) is 20.1 Å². The van der Waals surface area contributed by atoms with Gasteiger partial charge in [0.2, 0.25) is 0 Å².